The summed E-state index contributed by atoms with van der Waals surface area (Å²) in [7, 11) is 2.16. The highest BCUT2D eigenvalue weighted by Crippen LogP contribution is 2.28. The summed E-state index contributed by atoms with van der Waals surface area (Å²) >= 11 is 0. The molecule has 33 heavy (non-hydrogen) atoms. The SMILES string of the molecule is CN1CCN(Cc2ccc(C(C(N)=O)c3ccc(-c4ccn5ncnc5c4)cc3)cc2)CC1. The van der Waals surface area contributed by atoms with Crippen LogP contribution < -0.4 is 5.73 Å². The number of pyridine rings is 1. The molecule has 7 heteroatoms. The van der Waals surface area contributed by atoms with Crippen LogP contribution in [-0.2, 0) is 11.3 Å². The first-order valence-corrected chi connectivity index (χ1v) is 11.3. The molecule has 1 amide bonds. The third-order valence-corrected chi connectivity index (χ3v) is 6.46. The molecule has 5 rings (SSSR count). The molecule has 1 aliphatic heterocycles. The van der Waals surface area contributed by atoms with Gasteiger partial charge in [0.05, 0.1) is 5.92 Å². The molecule has 0 bridgehead atoms. The van der Waals surface area contributed by atoms with Crippen molar-refractivity contribution in [1.82, 2.24) is 24.4 Å². The molecule has 1 atom stereocenters. The molecule has 7 nitrogen and oxygen atoms in total. The van der Waals surface area contributed by atoms with Crippen LogP contribution in [0.1, 0.15) is 22.6 Å². The number of carbonyl (C=O) groups is 1. The largest absolute Gasteiger partial charge is 0.369 e. The number of amides is 1. The number of benzene rings is 2. The van der Waals surface area contributed by atoms with E-state index < -0.39 is 5.92 Å². The van der Waals surface area contributed by atoms with Crippen LogP contribution in [0, 0.1) is 0 Å². The standard InChI is InChI=1S/C26H28N6O/c1-30-12-14-31(15-13-30)17-19-2-4-21(5-3-19)25(26(27)33)22-8-6-20(7-9-22)23-10-11-32-24(16-23)28-18-29-32/h2-11,16,18,25H,12-15,17H2,1H3,(H2,27,33). The second kappa shape index (κ2) is 9.13. The van der Waals surface area contributed by atoms with E-state index in [1.165, 1.54) is 11.9 Å². The lowest BCUT2D eigenvalue weighted by Crippen LogP contribution is -2.43. The van der Waals surface area contributed by atoms with Crippen molar-refractivity contribution < 1.29 is 4.79 Å². The minimum Gasteiger partial charge on any atom is -0.369 e. The number of piperazine rings is 1. The highest BCUT2D eigenvalue weighted by molar-refractivity contribution is 5.86. The summed E-state index contributed by atoms with van der Waals surface area (Å²) in [6.07, 6.45) is 3.43. The van der Waals surface area contributed by atoms with Gasteiger partial charge in [0.25, 0.3) is 0 Å². The van der Waals surface area contributed by atoms with Gasteiger partial charge in [-0.1, -0.05) is 48.5 Å². The summed E-state index contributed by atoms with van der Waals surface area (Å²) in [5.41, 5.74) is 11.8. The first kappa shape index (κ1) is 21.3. The first-order chi connectivity index (χ1) is 16.1. The van der Waals surface area contributed by atoms with Gasteiger partial charge in [0.1, 0.15) is 6.33 Å². The molecule has 2 aromatic heterocycles. The fourth-order valence-corrected chi connectivity index (χ4v) is 4.46. The number of nitrogens with two attached hydrogens (primary N) is 1. The molecule has 0 radical (unpaired) electrons. The Morgan fingerprint density at radius 1 is 0.939 bits per heavy atom. The zero-order valence-corrected chi connectivity index (χ0v) is 18.8. The molecule has 168 valence electrons. The van der Waals surface area contributed by atoms with Crippen LogP contribution in [-0.4, -0.2) is 63.5 Å². The second-order valence-electron chi connectivity index (χ2n) is 8.76. The highest BCUT2D eigenvalue weighted by Gasteiger charge is 2.21. The highest BCUT2D eigenvalue weighted by atomic mass is 16.1. The summed E-state index contributed by atoms with van der Waals surface area (Å²) in [6.45, 7) is 5.30. The first-order valence-electron chi connectivity index (χ1n) is 11.3. The Morgan fingerprint density at radius 3 is 2.27 bits per heavy atom. The number of hydrogen-bond acceptors (Lipinski definition) is 5. The van der Waals surface area contributed by atoms with E-state index in [2.05, 4.69) is 39.1 Å². The Morgan fingerprint density at radius 2 is 1.61 bits per heavy atom. The molecule has 0 saturated carbocycles. The van der Waals surface area contributed by atoms with Gasteiger partial charge >= 0.3 is 0 Å². The number of fused-ring (bicyclic) bond motifs is 1. The quantitative estimate of drug-likeness (QED) is 0.499. The zero-order chi connectivity index (χ0) is 22.8. The normalized spacial score (nSPS) is 16.2. The maximum atomic E-state index is 12.4. The minimum atomic E-state index is -0.476. The molecule has 0 aliphatic carbocycles. The van der Waals surface area contributed by atoms with Crippen molar-refractivity contribution in [2.75, 3.05) is 33.2 Å². The van der Waals surface area contributed by atoms with Gasteiger partial charge in [-0.3, -0.25) is 9.69 Å². The number of primary amides is 1. The van der Waals surface area contributed by atoms with Crippen LogP contribution in [0.3, 0.4) is 0 Å². The number of aromatic nitrogens is 3. The third-order valence-electron chi connectivity index (χ3n) is 6.46. The summed E-state index contributed by atoms with van der Waals surface area (Å²) in [4.78, 5) is 21.5. The Labute approximate surface area is 193 Å². The molecule has 4 aromatic rings. The van der Waals surface area contributed by atoms with Gasteiger partial charge in [-0.15, -0.1) is 0 Å². The molecule has 2 aromatic carbocycles. The van der Waals surface area contributed by atoms with Crippen molar-refractivity contribution >= 4 is 11.6 Å². The van der Waals surface area contributed by atoms with Crippen LogP contribution in [0.15, 0.2) is 73.2 Å². The number of likely N-dealkylation sites (N-methyl/N-ethyl adjacent to an activating group) is 1. The number of carbonyl (C=O) groups excluding carboxylic acids is 1. The van der Waals surface area contributed by atoms with Crippen molar-refractivity contribution in [2.45, 2.75) is 12.5 Å². The number of nitrogens with zero attached hydrogens (tertiary/aromatic N) is 5. The third kappa shape index (κ3) is 4.65. The molecule has 3 heterocycles. The average Bonchev–Trinajstić information content (AvgIpc) is 3.30. The van der Waals surface area contributed by atoms with E-state index in [-0.39, 0.29) is 5.91 Å². The summed E-state index contributed by atoms with van der Waals surface area (Å²) < 4.78 is 1.73. The minimum absolute atomic E-state index is 0.348. The van der Waals surface area contributed by atoms with Crippen LogP contribution in [0.5, 0.6) is 0 Å². The lowest BCUT2D eigenvalue weighted by atomic mass is 9.89. The van der Waals surface area contributed by atoms with Crippen LogP contribution in [0.4, 0.5) is 0 Å². The fraction of sp³-hybridized carbons (Fsp3) is 0.269. The van der Waals surface area contributed by atoms with Gasteiger partial charge in [0.15, 0.2) is 5.65 Å². The van der Waals surface area contributed by atoms with Gasteiger partial charge in [0, 0.05) is 38.9 Å². The van der Waals surface area contributed by atoms with Crippen LogP contribution >= 0.6 is 0 Å². The summed E-state index contributed by atoms with van der Waals surface area (Å²) in [6, 6.07) is 20.3. The van der Waals surface area contributed by atoms with E-state index in [1.807, 2.05) is 54.7 Å². The smallest absolute Gasteiger partial charge is 0.229 e. The molecule has 1 saturated heterocycles. The number of rotatable bonds is 6. The molecule has 1 aliphatic rings. The maximum Gasteiger partial charge on any atom is 0.229 e. The predicted molar refractivity (Wildman–Crippen MR) is 129 cm³/mol. The van der Waals surface area contributed by atoms with Crippen molar-refractivity contribution in [3.05, 3.63) is 89.9 Å². The maximum absolute atomic E-state index is 12.4. The Bertz CT molecular complexity index is 1240. The van der Waals surface area contributed by atoms with Crippen molar-refractivity contribution in [2.24, 2.45) is 5.73 Å². The number of hydrogen-bond donors (Lipinski definition) is 1. The van der Waals surface area contributed by atoms with E-state index in [0.717, 1.165) is 60.6 Å². The van der Waals surface area contributed by atoms with Gasteiger partial charge in [0.2, 0.25) is 5.91 Å². The predicted octanol–water partition coefficient (Wildman–Crippen LogP) is 2.76. The van der Waals surface area contributed by atoms with Gasteiger partial charge in [-0.2, -0.15) is 5.10 Å². The Kier molecular flexibility index (Phi) is 5.90. The second-order valence-corrected chi connectivity index (χ2v) is 8.76. The van der Waals surface area contributed by atoms with E-state index >= 15 is 0 Å². The summed E-state index contributed by atoms with van der Waals surface area (Å²) in [5.74, 6) is -0.824. The average molecular weight is 441 g/mol. The molecule has 1 fully saturated rings. The van der Waals surface area contributed by atoms with Gasteiger partial charge in [-0.25, -0.2) is 9.50 Å². The van der Waals surface area contributed by atoms with Crippen molar-refractivity contribution in [3.8, 4) is 11.1 Å². The van der Waals surface area contributed by atoms with Crippen molar-refractivity contribution in [1.29, 1.82) is 0 Å². The van der Waals surface area contributed by atoms with Crippen LogP contribution in [0.25, 0.3) is 16.8 Å². The van der Waals surface area contributed by atoms with Crippen molar-refractivity contribution in [3.63, 3.8) is 0 Å². The topological polar surface area (TPSA) is 79.8 Å². The van der Waals surface area contributed by atoms with E-state index in [4.69, 9.17) is 5.73 Å². The van der Waals surface area contributed by atoms with E-state index in [0.29, 0.717) is 0 Å². The lowest BCUT2D eigenvalue weighted by molar-refractivity contribution is -0.118. The Hall–Kier alpha value is -3.55. The van der Waals surface area contributed by atoms with E-state index in [1.54, 1.807) is 4.52 Å². The Balaban J connectivity index is 1.33. The lowest BCUT2D eigenvalue weighted by Gasteiger charge is -2.32. The van der Waals surface area contributed by atoms with Crippen LogP contribution in [0.2, 0.25) is 0 Å². The van der Waals surface area contributed by atoms with Gasteiger partial charge in [-0.05, 0) is 47.0 Å². The van der Waals surface area contributed by atoms with Gasteiger partial charge < -0.3 is 10.6 Å². The molecule has 0 spiro atoms. The molecular formula is C26H28N6O. The van der Waals surface area contributed by atoms with E-state index in [9.17, 15) is 4.79 Å². The molecule has 1 unspecified atom stereocenters. The molecular weight excluding hydrogens is 412 g/mol. The summed E-state index contributed by atoms with van der Waals surface area (Å²) in [5, 5.41) is 4.14. The fourth-order valence-electron chi connectivity index (χ4n) is 4.46. The molecule has 2 N–H and O–H groups in total. The monoisotopic (exact) mass is 440 g/mol. The zero-order valence-electron chi connectivity index (χ0n) is 18.8.